The van der Waals surface area contributed by atoms with Crippen molar-refractivity contribution in [3.05, 3.63) is 39.9 Å². The van der Waals surface area contributed by atoms with Gasteiger partial charge in [0, 0.05) is 24.6 Å². The van der Waals surface area contributed by atoms with Crippen molar-refractivity contribution in [1.82, 2.24) is 0 Å². The fourth-order valence-electron chi connectivity index (χ4n) is 1.18. The Bertz CT molecular complexity index is 456. The highest BCUT2D eigenvalue weighted by Gasteiger charge is 2.22. The summed E-state index contributed by atoms with van der Waals surface area (Å²) in [6.07, 6.45) is -1.24. The van der Waals surface area contributed by atoms with E-state index in [9.17, 15) is 19.7 Å². The lowest BCUT2D eigenvalue weighted by molar-refractivity contribution is -0.384. The molecule has 0 radical (unpaired) electrons. The second-order valence-corrected chi connectivity index (χ2v) is 3.51. The van der Waals surface area contributed by atoms with Crippen LogP contribution in [0.15, 0.2) is 24.3 Å². The molecule has 0 fully saturated rings. The Hall–Kier alpha value is -1.95. The van der Waals surface area contributed by atoms with Crippen LogP contribution in [0.3, 0.4) is 0 Å². The molecule has 0 aromatic heterocycles. The minimum Gasteiger partial charge on any atom is -0.448 e. The van der Waals surface area contributed by atoms with E-state index >= 15 is 0 Å². The van der Waals surface area contributed by atoms with Gasteiger partial charge in [0.1, 0.15) is 0 Å². The quantitative estimate of drug-likeness (QED) is 0.356. The molecule has 1 atom stereocenters. The molecule has 6 nitrogen and oxygen atoms in total. The molecular formula is C10H8ClNO5. The van der Waals surface area contributed by atoms with Gasteiger partial charge in [0.05, 0.1) is 4.92 Å². The third-order valence-corrected chi connectivity index (χ3v) is 2.09. The number of rotatable bonds is 4. The summed E-state index contributed by atoms with van der Waals surface area (Å²) in [7, 11) is 0. The number of carbonyl (C=O) groups is 2. The van der Waals surface area contributed by atoms with Crippen LogP contribution in [0.2, 0.25) is 0 Å². The third-order valence-electron chi connectivity index (χ3n) is 1.90. The van der Waals surface area contributed by atoms with Gasteiger partial charge in [0.15, 0.2) is 0 Å². The SMILES string of the molecule is CC(=O)OC(C(=O)Cl)c1ccc([N+](=O)[O-])cc1. The summed E-state index contributed by atoms with van der Waals surface area (Å²) in [5.41, 5.74) is 0.156. The fourth-order valence-corrected chi connectivity index (χ4v) is 1.35. The van der Waals surface area contributed by atoms with Crippen LogP contribution in [-0.4, -0.2) is 16.1 Å². The van der Waals surface area contributed by atoms with Crippen LogP contribution in [0.5, 0.6) is 0 Å². The van der Waals surface area contributed by atoms with Gasteiger partial charge >= 0.3 is 5.97 Å². The first kappa shape index (κ1) is 13.1. The van der Waals surface area contributed by atoms with E-state index in [1.165, 1.54) is 24.3 Å². The zero-order valence-electron chi connectivity index (χ0n) is 8.75. The van der Waals surface area contributed by atoms with Crippen LogP contribution in [0.4, 0.5) is 5.69 Å². The van der Waals surface area contributed by atoms with E-state index in [1.807, 2.05) is 0 Å². The minimum atomic E-state index is -1.24. The van der Waals surface area contributed by atoms with Gasteiger partial charge in [-0.15, -0.1) is 0 Å². The second-order valence-electron chi connectivity index (χ2n) is 3.14. The van der Waals surface area contributed by atoms with Gasteiger partial charge in [-0.2, -0.15) is 0 Å². The summed E-state index contributed by atoms with van der Waals surface area (Å²) < 4.78 is 4.71. The van der Waals surface area contributed by atoms with Crippen molar-refractivity contribution >= 4 is 28.5 Å². The molecule has 17 heavy (non-hydrogen) atoms. The summed E-state index contributed by atoms with van der Waals surface area (Å²) >= 11 is 5.27. The molecule has 0 saturated heterocycles. The third kappa shape index (κ3) is 3.53. The molecular weight excluding hydrogens is 250 g/mol. The molecule has 0 amide bonds. The monoisotopic (exact) mass is 257 g/mol. The molecule has 0 saturated carbocycles. The number of esters is 1. The highest BCUT2D eigenvalue weighted by Crippen LogP contribution is 2.23. The Morgan fingerprint density at radius 2 is 1.88 bits per heavy atom. The molecule has 0 heterocycles. The van der Waals surface area contributed by atoms with Crippen molar-refractivity contribution in [3.63, 3.8) is 0 Å². The Morgan fingerprint density at radius 1 is 1.35 bits per heavy atom. The number of halogens is 1. The number of hydrogen-bond acceptors (Lipinski definition) is 5. The molecule has 90 valence electrons. The van der Waals surface area contributed by atoms with Gasteiger partial charge < -0.3 is 4.74 Å². The molecule has 0 N–H and O–H groups in total. The fraction of sp³-hybridized carbons (Fsp3) is 0.200. The number of nitro benzene ring substituents is 1. The summed E-state index contributed by atoms with van der Waals surface area (Å²) in [6, 6.07) is 5.02. The number of ether oxygens (including phenoxy) is 1. The van der Waals surface area contributed by atoms with E-state index < -0.39 is 22.2 Å². The maximum Gasteiger partial charge on any atom is 0.303 e. The lowest BCUT2D eigenvalue weighted by Gasteiger charge is -2.12. The van der Waals surface area contributed by atoms with E-state index in [2.05, 4.69) is 0 Å². The van der Waals surface area contributed by atoms with Crippen molar-refractivity contribution < 1.29 is 19.2 Å². The van der Waals surface area contributed by atoms with Gasteiger partial charge in [-0.05, 0) is 23.7 Å². The number of nitro groups is 1. The lowest BCUT2D eigenvalue weighted by Crippen LogP contribution is -2.14. The molecule has 0 aliphatic carbocycles. The molecule has 7 heteroatoms. The molecule has 1 aromatic carbocycles. The molecule has 0 bridgehead atoms. The van der Waals surface area contributed by atoms with Gasteiger partial charge in [-0.3, -0.25) is 19.7 Å². The standard InChI is InChI=1S/C10H8ClNO5/c1-6(13)17-9(10(11)14)7-2-4-8(5-3-7)12(15)16/h2-5,9H,1H3. The van der Waals surface area contributed by atoms with Crippen molar-refractivity contribution in [2.75, 3.05) is 0 Å². The maximum absolute atomic E-state index is 11.1. The summed E-state index contributed by atoms with van der Waals surface area (Å²) in [6.45, 7) is 1.14. The molecule has 1 rings (SSSR count). The lowest BCUT2D eigenvalue weighted by atomic mass is 10.1. The van der Waals surface area contributed by atoms with Gasteiger partial charge in [0.2, 0.25) is 6.10 Å². The second kappa shape index (κ2) is 5.40. The number of benzene rings is 1. The van der Waals surface area contributed by atoms with Crippen molar-refractivity contribution in [2.24, 2.45) is 0 Å². The van der Waals surface area contributed by atoms with Crippen LogP contribution in [0, 0.1) is 10.1 Å². The average Bonchev–Trinajstić information content (AvgIpc) is 2.25. The largest absolute Gasteiger partial charge is 0.448 e. The van der Waals surface area contributed by atoms with Gasteiger partial charge in [0.25, 0.3) is 10.9 Å². The number of nitrogens with zero attached hydrogens (tertiary/aromatic N) is 1. The molecule has 0 aliphatic rings. The van der Waals surface area contributed by atoms with Crippen LogP contribution in [-0.2, 0) is 14.3 Å². The van der Waals surface area contributed by atoms with Crippen molar-refractivity contribution in [1.29, 1.82) is 0 Å². The first-order valence-electron chi connectivity index (χ1n) is 4.52. The Morgan fingerprint density at radius 3 is 2.24 bits per heavy atom. The summed E-state index contributed by atoms with van der Waals surface area (Å²) in [5.74, 6) is -0.664. The summed E-state index contributed by atoms with van der Waals surface area (Å²) in [5, 5.41) is 9.55. The average molecular weight is 258 g/mol. The zero-order valence-corrected chi connectivity index (χ0v) is 9.51. The van der Waals surface area contributed by atoms with Gasteiger partial charge in [-0.25, -0.2) is 0 Å². The molecule has 1 unspecified atom stereocenters. The van der Waals surface area contributed by atoms with Crippen LogP contribution >= 0.6 is 11.6 Å². The van der Waals surface area contributed by atoms with Crippen LogP contribution in [0.1, 0.15) is 18.6 Å². The topological polar surface area (TPSA) is 86.5 Å². The van der Waals surface area contributed by atoms with Crippen molar-refractivity contribution in [2.45, 2.75) is 13.0 Å². The number of non-ortho nitro benzene ring substituents is 1. The van der Waals surface area contributed by atoms with Gasteiger partial charge in [-0.1, -0.05) is 0 Å². The van der Waals surface area contributed by atoms with E-state index in [1.54, 1.807) is 0 Å². The number of hydrogen-bond donors (Lipinski definition) is 0. The van der Waals surface area contributed by atoms with E-state index in [-0.39, 0.29) is 11.3 Å². The zero-order chi connectivity index (χ0) is 13.0. The Balaban J connectivity index is 2.99. The van der Waals surface area contributed by atoms with Crippen molar-refractivity contribution in [3.8, 4) is 0 Å². The molecule has 0 spiro atoms. The van der Waals surface area contributed by atoms with Crippen LogP contribution < -0.4 is 0 Å². The highest BCUT2D eigenvalue weighted by atomic mass is 35.5. The predicted molar refractivity (Wildman–Crippen MR) is 58.5 cm³/mol. The molecule has 1 aromatic rings. The Kier molecular flexibility index (Phi) is 4.17. The normalized spacial score (nSPS) is 11.6. The highest BCUT2D eigenvalue weighted by molar-refractivity contribution is 6.64. The minimum absolute atomic E-state index is 0.127. The Labute approximate surface area is 101 Å². The predicted octanol–water partition coefficient (Wildman–Crippen LogP) is 1.96. The maximum atomic E-state index is 11.1. The van der Waals surface area contributed by atoms with E-state index in [0.717, 1.165) is 6.92 Å². The summed E-state index contributed by atoms with van der Waals surface area (Å²) in [4.78, 5) is 31.7. The molecule has 0 aliphatic heterocycles. The van der Waals surface area contributed by atoms with Crippen LogP contribution in [0.25, 0.3) is 0 Å². The van der Waals surface area contributed by atoms with E-state index in [0.29, 0.717) is 0 Å². The first-order chi connectivity index (χ1) is 7.91. The smallest absolute Gasteiger partial charge is 0.303 e. The first-order valence-corrected chi connectivity index (χ1v) is 4.90. The van der Waals surface area contributed by atoms with E-state index in [4.69, 9.17) is 16.3 Å². The number of carbonyl (C=O) groups excluding carboxylic acids is 2.